The van der Waals surface area contributed by atoms with Gasteiger partial charge in [-0.25, -0.2) is 0 Å². The van der Waals surface area contributed by atoms with Gasteiger partial charge in [-0.05, 0) is 31.5 Å². The molecule has 1 aromatic rings. The summed E-state index contributed by atoms with van der Waals surface area (Å²) in [7, 11) is 1.64. The summed E-state index contributed by atoms with van der Waals surface area (Å²) in [6.45, 7) is 4.16. The number of primary amides is 1. The van der Waals surface area contributed by atoms with E-state index < -0.39 is 5.41 Å². The van der Waals surface area contributed by atoms with E-state index >= 15 is 0 Å². The van der Waals surface area contributed by atoms with Crippen molar-refractivity contribution in [2.45, 2.75) is 19.9 Å². The second-order valence-corrected chi connectivity index (χ2v) is 5.15. The monoisotopic (exact) mass is 261 g/mol. The van der Waals surface area contributed by atoms with Crippen molar-refractivity contribution >= 4 is 11.7 Å². The molecule has 1 aliphatic heterocycles. The average Bonchev–Trinajstić information content (AvgIpc) is 2.89. The number of nitrogens with one attached hydrogen (secondary N) is 1. The maximum absolute atomic E-state index is 11.4. The molecule has 5 nitrogen and oxygen atoms in total. The van der Waals surface area contributed by atoms with Crippen LogP contribution in [0.15, 0.2) is 29.3 Å². The first-order valence-electron chi connectivity index (χ1n) is 6.20. The van der Waals surface area contributed by atoms with Crippen LogP contribution in [0.4, 0.5) is 0 Å². The zero-order chi connectivity index (χ0) is 14.0. The number of benzene rings is 1. The predicted octanol–water partition coefficient (Wildman–Crippen LogP) is 1.25. The van der Waals surface area contributed by atoms with E-state index in [2.05, 4.69) is 10.3 Å². The number of nitrogens with zero attached hydrogens (tertiary/aromatic N) is 1. The van der Waals surface area contributed by atoms with Crippen LogP contribution >= 0.6 is 0 Å². The Labute approximate surface area is 112 Å². The van der Waals surface area contributed by atoms with E-state index in [1.54, 1.807) is 21.0 Å². The molecule has 0 bridgehead atoms. The second kappa shape index (κ2) is 4.91. The summed E-state index contributed by atoms with van der Waals surface area (Å²) in [5.41, 5.74) is 5.74. The maximum atomic E-state index is 11.4. The SMILES string of the molecule is COc1ccc(C2CN=C(C(C)(C)C(N)=O)N2)cc1. The zero-order valence-electron chi connectivity index (χ0n) is 11.4. The first-order chi connectivity index (χ1) is 8.95. The number of amidine groups is 1. The highest BCUT2D eigenvalue weighted by molar-refractivity contribution is 6.07. The fourth-order valence-electron chi connectivity index (χ4n) is 1.96. The van der Waals surface area contributed by atoms with E-state index in [0.717, 1.165) is 11.3 Å². The van der Waals surface area contributed by atoms with E-state index in [1.807, 2.05) is 24.3 Å². The van der Waals surface area contributed by atoms with Crippen LogP contribution in [0, 0.1) is 5.41 Å². The molecule has 0 saturated carbocycles. The van der Waals surface area contributed by atoms with Gasteiger partial charge in [-0.3, -0.25) is 9.79 Å². The Bertz CT molecular complexity index is 506. The molecule has 1 amide bonds. The fourth-order valence-corrected chi connectivity index (χ4v) is 1.96. The quantitative estimate of drug-likeness (QED) is 0.856. The minimum atomic E-state index is -0.763. The average molecular weight is 261 g/mol. The van der Waals surface area contributed by atoms with Crippen LogP contribution < -0.4 is 15.8 Å². The van der Waals surface area contributed by atoms with Gasteiger partial charge in [0, 0.05) is 0 Å². The fraction of sp³-hybridized carbons (Fsp3) is 0.429. The summed E-state index contributed by atoms with van der Waals surface area (Å²) in [6, 6.07) is 7.89. The normalized spacial score (nSPS) is 18.7. The molecule has 0 spiro atoms. The van der Waals surface area contributed by atoms with Gasteiger partial charge in [0.25, 0.3) is 0 Å². The minimum Gasteiger partial charge on any atom is -0.497 e. The number of carbonyl (C=O) groups is 1. The van der Waals surface area contributed by atoms with Crippen molar-refractivity contribution in [3.8, 4) is 5.75 Å². The van der Waals surface area contributed by atoms with Crippen molar-refractivity contribution in [3.05, 3.63) is 29.8 Å². The van der Waals surface area contributed by atoms with Crippen molar-refractivity contribution in [1.82, 2.24) is 5.32 Å². The number of hydrogen-bond donors (Lipinski definition) is 2. The molecule has 0 aliphatic carbocycles. The highest BCUT2D eigenvalue weighted by atomic mass is 16.5. The Morgan fingerprint density at radius 3 is 2.58 bits per heavy atom. The van der Waals surface area contributed by atoms with E-state index in [0.29, 0.717) is 12.4 Å². The lowest BCUT2D eigenvalue weighted by molar-refractivity contribution is -0.123. The smallest absolute Gasteiger partial charge is 0.230 e. The standard InChI is InChI=1S/C14H19N3O2/c1-14(2,12(15)18)13-16-8-11(17-13)9-4-6-10(19-3)7-5-9/h4-7,11H,8H2,1-3H3,(H2,15,18)(H,16,17). The van der Waals surface area contributed by atoms with Gasteiger partial charge < -0.3 is 15.8 Å². The Morgan fingerprint density at radius 1 is 1.42 bits per heavy atom. The van der Waals surface area contributed by atoms with Crippen LogP contribution in [0.3, 0.4) is 0 Å². The first-order valence-corrected chi connectivity index (χ1v) is 6.20. The zero-order valence-corrected chi connectivity index (χ0v) is 11.4. The summed E-state index contributed by atoms with van der Waals surface area (Å²) in [4.78, 5) is 15.8. The number of ether oxygens (including phenoxy) is 1. The summed E-state index contributed by atoms with van der Waals surface area (Å²) in [5.74, 6) is 1.09. The molecule has 2 rings (SSSR count). The highest BCUT2D eigenvalue weighted by Gasteiger charge is 2.35. The van der Waals surface area contributed by atoms with Crippen LogP contribution in [0.1, 0.15) is 25.5 Å². The number of rotatable bonds is 4. The predicted molar refractivity (Wildman–Crippen MR) is 74.1 cm³/mol. The highest BCUT2D eigenvalue weighted by Crippen LogP contribution is 2.26. The van der Waals surface area contributed by atoms with E-state index in [9.17, 15) is 4.79 Å². The summed E-state index contributed by atoms with van der Waals surface area (Å²) in [5, 5.41) is 3.27. The number of carbonyl (C=O) groups excluding carboxylic acids is 1. The molecule has 0 fully saturated rings. The minimum absolute atomic E-state index is 0.0829. The number of amides is 1. The molecule has 1 aromatic carbocycles. The molecular formula is C14H19N3O2. The molecule has 0 aromatic heterocycles. The van der Waals surface area contributed by atoms with Crippen LogP contribution in [0.25, 0.3) is 0 Å². The van der Waals surface area contributed by atoms with Gasteiger partial charge in [0.1, 0.15) is 17.0 Å². The topological polar surface area (TPSA) is 76.7 Å². The third-order valence-corrected chi connectivity index (χ3v) is 3.47. The van der Waals surface area contributed by atoms with Crippen LogP contribution in [0.5, 0.6) is 5.75 Å². The van der Waals surface area contributed by atoms with Crippen molar-refractivity contribution in [3.63, 3.8) is 0 Å². The van der Waals surface area contributed by atoms with E-state index in [-0.39, 0.29) is 11.9 Å². The number of methoxy groups -OCH3 is 1. The van der Waals surface area contributed by atoms with Gasteiger partial charge >= 0.3 is 0 Å². The molecule has 1 atom stereocenters. The molecule has 19 heavy (non-hydrogen) atoms. The number of aliphatic imine (C=N–C) groups is 1. The summed E-state index contributed by atoms with van der Waals surface area (Å²) in [6.07, 6.45) is 0. The van der Waals surface area contributed by atoms with E-state index in [1.165, 1.54) is 0 Å². The lowest BCUT2D eigenvalue weighted by Gasteiger charge is -2.22. The number of hydrogen-bond acceptors (Lipinski definition) is 4. The molecule has 5 heteroatoms. The van der Waals surface area contributed by atoms with Gasteiger partial charge in [-0.15, -0.1) is 0 Å². The third kappa shape index (κ3) is 2.54. The van der Waals surface area contributed by atoms with E-state index in [4.69, 9.17) is 10.5 Å². The molecule has 1 aliphatic rings. The van der Waals surface area contributed by atoms with Crippen LogP contribution in [-0.4, -0.2) is 25.4 Å². The van der Waals surface area contributed by atoms with Crippen LogP contribution in [-0.2, 0) is 4.79 Å². The van der Waals surface area contributed by atoms with Gasteiger partial charge in [0.15, 0.2) is 0 Å². The van der Waals surface area contributed by atoms with Gasteiger partial charge in [-0.2, -0.15) is 0 Å². The molecule has 3 N–H and O–H groups in total. The second-order valence-electron chi connectivity index (χ2n) is 5.15. The lowest BCUT2D eigenvalue weighted by Crippen LogP contribution is -2.44. The maximum Gasteiger partial charge on any atom is 0.230 e. The Kier molecular flexibility index (Phi) is 3.46. The Balaban J connectivity index is 2.10. The Morgan fingerprint density at radius 2 is 2.05 bits per heavy atom. The van der Waals surface area contributed by atoms with Crippen molar-refractivity contribution in [2.75, 3.05) is 13.7 Å². The van der Waals surface area contributed by atoms with Gasteiger partial charge in [0.05, 0.1) is 19.7 Å². The van der Waals surface area contributed by atoms with Crippen molar-refractivity contribution in [1.29, 1.82) is 0 Å². The molecule has 1 unspecified atom stereocenters. The molecule has 1 heterocycles. The molecule has 102 valence electrons. The van der Waals surface area contributed by atoms with Crippen LogP contribution in [0.2, 0.25) is 0 Å². The molecule has 0 saturated heterocycles. The first kappa shape index (κ1) is 13.4. The lowest BCUT2D eigenvalue weighted by atomic mass is 9.91. The summed E-state index contributed by atoms with van der Waals surface area (Å²) >= 11 is 0. The van der Waals surface area contributed by atoms with Gasteiger partial charge in [0.2, 0.25) is 5.91 Å². The Hall–Kier alpha value is -2.04. The third-order valence-electron chi connectivity index (χ3n) is 3.47. The number of nitrogens with two attached hydrogens (primary N) is 1. The largest absolute Gasteiger partial charge is 0.497 e. The van der Waals surface area contributed by atoms with Crippen molar-refractivity contribution in [2.24, 2.45) is 16.1 Å². The summed E-state index contributed by atoms with van der Waals surface area (Å²) < 4.78 is 5.13. The molecular weight excluding hydrogens is 242 g/mol. The van der Waals surface area contributed by atoms with Gasteiger partial charge in [-0.1, -0.05) is 12.1 Å². The molecule has 0 radical (unpaired) electrons. The van der Waals surface area contributed by atoms with Crippen molar-refractivity contribution < 1.29 is 9.53 Å².